The van der Waals surface area contributed by atoms with Crippen molar-refractivity contribution in [3.05, 3.63) is 92.1 Å². The van der Waals surface area contributed by atoms with Crippen LogP contribution in [0.1, 0.15) is 67.5 Å². The van der Waals surface area contributed by atoms with Crippen molar-refractivity contribution in [2.45, 2.75) is 59.9 Å². The van der Waals surface area contributed by atoms with Crippen molar-refractivity contribution < 1.29 is 9.32 Å². The maximum Gasteiger partial charge on any atom is 0.439 e. The van der Waals surface area contributed by atoms with E-state index in [4.69, 9.17) is 9.51 Å². The van der Waals surface area contributed by atoms with Gasteiger partial charge >= 0.3 is 5.76 Å². The van der Waals surface area contributed by atoms with Crippen LogP contribution in [-0.2, 0) is 13.0 Å². The van der Waals surface area contributed by atoms with Crippen LogP contribution in [0.25, 0.3) is 22.5 Å². The van der Waals surface area contributed by atoms with Crippen LogP contribution in [0.2, 0.25) is 0 Å². The Hall–Kier alpha value is -4.27. The molecule has 1 aliphatic heterocycles. The number of aryl methyl sites for hydroxylation is 2. The topological polar surface area (TPSA) is 114 Å². The first-order chi connectivity index (χ1) is 19.7. The highest BCUT2D eigenvalue weighted by atomic mass is 16.5. The summed E-state index contributed by atoms with van der Waals surface area (Å²) in [5.74, 6) is 1.04. The summed E-state index contributed by atoms with van der Waals surface area (Å²) in [5, 5.41) is 3.84. The molecule has 1 amide bonds. The summed E-state index contributed by atoms with van der Waals surface area (Å²) in [6, 6.07) is 15.5. The average molecular weight is 556 g/mol. The number of aromatic nitrogens is 4. The van der Waals surface area contributed by atoms with Crippen LogP contribution in [0.15, 0.2) is 62.6 Å². The molecule has 2 aromatic carbocycles. The van der Waals surface area contributed by atoms with Gasteiger partial charge in [-0.1, -0.05) is 80.9 Å². The monoisotopic (exact) mass is 555 g/mol. The van der Waals surface area contributed by atoms with E-state index in [2.05, 4.69) is 30.9 Å². The lowest BCUT2D eigenvalue weighted by Gasteiger charge is -2.35. The predicted molar refractivity (Wildman–Crippen MR) is 158 cm³/mol. The summed E-state index contributed by atoms with van der Waals surface area (Å²) < 4.78 is 6.38. The van der Waals surface area contributed by atoms with E-state index in [1.165, 1.54) is 0 Å². The molecule has 9 heteroatoms. The second-order valence-electron chi connectivity index (χ2n) is 11.3. The van der Waals surface area contributed by atoms with Crippen LogP contribution < -0.4 is 11.3 Å². The van der Waals surface area contributed by atoms with Crippen molar-refractivity contribution in [3.8, 4) is 22.5 Å². The molecule has 9 nitrogen and oxygen atoms in total. The number of nitrogens with zero attached hydrogens (tertiary/aromatic N) is 4. The SMILES string of the molecule is CCCCc1nc(C)c(C(=O)N2CC(C)CC(C)C2)c(=O)n1Cc1ccc(-c2ccccc2-c2noc(=O)[nH]2)cc1. The highest BCUT2D eigenvalue weighted by Gasteiger charge is 2.30. The van der Waals surface area contributed by atoms with E-state index in [1.54, 1.807) is 11.5 Å². The van der Waals surface area contributed by atoms with Crippen LogP contribution in [0.4, 0.5) is 0 Å². The molecule has 5 rings (SSSR count). The van der Waals surface area contributed by atoms with Gasteiger partial charge in [-0.25, -0.2) is 9.78 Å². The van der Waals surface area contributed by atoms with Gasteiger partial charge in [0.2, 0.25) is 0 Å². The van der Waals surface area contributed by atoms with Gasteiger partial charge in [-0.2, -0.15) is 0 Å². The molecule has 2 unspecified atom stereocenters. The molecule has 41 heavy (non-hydrogen) atoms. The van der Waals surface area contributed by atoms with Gasteiger partial charge < -0.3 is 4.90 Å². The zero-order valence-electron chi connectivity index (χ0n) is 24.1. The summed E-state index contributed by atoms with van der Waals surface area (Å²) in [6.45, 7) is 9.82. The van der Waals surface area contributed by atoms with Crippen LogP contribution in [0.3, 0.4) is 0 Å². The average Bonchev–Trinajstić information content (AvgIpc) is 3.39. The summed E-state index contributed by atoms with van der Waals surface area (Å²) in [4.78, 5) is 48.4. The standard InChI is InChI=1S/C32H37N5O4/c1-5-6-11-27-33-22(4)28(30(38)36-17-20(2)16-21(3)18-36)31(39)37(27)19-23-12-14-24(15-13-23)25-9-7-8-10-26(25)29-34-32(40)41-35-29/h7-10,12-15,20-21H,5-6,11,16-19H2,1-4H3,(H,34,35,40). The van der Waals surface area contributed by atoms with E-state index in [-0.39, 0.29) is 17.0 Å². The molecule has 0 aliphatic carbocycles. The third-order valence-corrected chi connectivity index (χ3v) is 7.78. The Balaban J connectivity index is 1.48. The van der Waals surface area contributed by atoms with Gasteiger partial charge in [-0.3, -0.25) is 23.7 Å². The maximum atomic E-state index is 13.9. The fourth-order valence-electron chi connectivity index (χ4n) is 5.90. The number of rotatable bonds is 8. The minimum absolute atomic E-state index is 0.179. The van der Waals surface area contributed by atoms with Gasteiger partial charge in [0, 0.05) is 25.1 Å². The zero-order valence-corrected chi connectivity index (χ0v) is 24.1. The molecule has 3 heterocycles. The minimum Gasteiger partial charge on any atom is -0.338 e. The highest BCUT2D eigenvalue weighted by molar-refractivity contribution is 5.95. The number of carbonyl (C=O) groups excluding carboxylic acids is 1. The Labute approximate surface area is 239 Å². The van der Waals surface area contributed by atoms with Crippen LogP contribution >= 0.6 is 0 Å². The Bertz CT molecular complexity index is 1640. The molecule has 1 N–H and O–H groups in total. The highest BCUT2D eigenvalue weighted by Crippen LogP contribution is 2.30. The Kier molecular flexibility index (Phi) is 8.33. The number of unbranched alkanes of at least 4 members (excludes halogenated alkanes) is 1. The Morgan fingerprint density at radius 2 is 1.71 bits per heavy atom. The first-order valence-electron chi connectivity index (χ1n) is 14.4. The summed E-state index contributed by atoms with van der Waals surface area (Å²) in [7, 11) is 0. The largest absolute Gasteiger partial charge is 0.439 e. The van der Waals surface area contributed by atoms with Crippen molar-refractivity contribution in [3.63, 3.8) is 0 Å². The number of hydrogen-bond acceptors (Lipinski definition) is 6. The molecule has 0 saturated carbocycles. The number of nitrogens with one attached hydrogen (secondary N) is 1. The predicted octanol–water partition coefficient (Wildman–Crippen LogP) is 5.07. The summed E-state index contributed by atoms with van der Waals surface area (Å²) in [6.07, 6.45) is 3.63. The quantitative estimate of drug-likeness (QED) is 0.325. The molecule has 0 bridgehead atoms. The maximum absolute atomic E-state index is 13.9. The van der Waals surface area contributed by atoms with Gasteiger partial charge in [-0.05, 0) is 48.3 Å². The molecule has 0 radical (unpaired) electrons. The van der Waals surface area contributed by atoms with Crippen molar-refractivity contribution in [2.75, 3.05) is 13.1 Å². The Morgan fingerprint density at radius 3 is 2.34 bits per heavy atom. The van der Waals surface area contributed by atoms with Crippen LogP contribution in [0.5, 0.6) is 0 Å². The fourth-order valence-corrected chi connectivity index (χ4v) is 5.90. The fraction of sp³-hybridized carbons (Fsp3) is 0.406. The molecule has 214 valence electrons. The van der Waals surface area contributed by atoms with Crippen molar-refractivity contribution in [2.24, 2.45) is 11.8 Å². The van der Waals surface area contributed by atoms with Gasteiger partial charge in [-0.15, -0.1) is 0 Å². The normalized spacial score (nSPS) is 17.1. The number of piperidine rings is 1. The van der Waals surface area contributed by atoms with E-state index in [0.717, 1.165) is 41.5 Å². The zero-order chi connectivity index (χ0) is 29.1. The molecule has 4 aromatic rings. The lowest BCUT2D eigenvalue weighted by Crippen LogP contribution is -2.45. The van der Waals surface area contributed by atoms with E-state index >= 15 is 0 Å². The van der Waals surface area contributed by atoms with Gasteiger partial charge in [0.05, 0.1) is 12.2 Å². The lowest BCUT2D eigenvalue weighted by atomic mass is 9.91. The third-order valence-electron chi connectivity index (χ3n) is 7.78. The number of hydrogen-bond donors (Lipinski definition) is 1. The van der Waals surface area contributed by atoms with Crippen LogP contribution in [0, 0.1) is 18.8 Å². The van der Waals surface area contributed by atoms with E-state index in [1.807, 2.05) is 53.4 Å². The molecular weight excluding hydrogens is 518 g/mol. The van der Waals surface area contributed by atoms with E-state index in [9.17, 15) is 14.4 Å². The summed E-state index contributed by atoms with van der Waals surface area (Å²) >= 11 is 0. The lowest BCUT2D eigenvalue weighted by molar-refractivity contribution is 0.0619. The molecule has 1 aliphatic rings. The number of benzene rings is 2. The van der Waals surface area contributed by atoms with Crippen molar-refractivity contribution >= 4 is 5.91 Å². The molecular formula is C32H37N5O4. The van der Waals surface area contributed by atoms with Gasteiger partial charge in [0.1, 0.15) is 11.4 Å². The van der Waals surface area contributed by atoms with Crippen molar-refractivity contribution in [1.29, 1.82) is 0 Å². The first kappa shape index (κ1) is 28.3. The molecule has 2 aromatic heterocycles. The second kappa shape index (κ2) is 12.1. The van der Waals surface area contributed by atoms with E-state index < -0.39 is 5.76 Å². The number of amides is 1. The number of carbonyl (C=O) groups is 1. The van der Waals surface area contributed by atoms with Crippen LogP contribution in [-0.4, -0.2) is 43.6 Å². The Morgan fingerprint density at radius 1 is 1.02 bits per heavy atom. The summed E-state index contributed by atoms with van der Waals surface area (Å²) in [5.41, 5.74) is 3.90. The second-order valence-corrected chi connectivity index (χ2v) is 11.3. The molecule has 1 fully saturated rings. The van der Waals surface area contributed by atoms with Gasteiger partial charge in [0.25, 0.3) is 11.5 Å². The molecule has 2 atom stereocenters. The van der Waals surface area contributed by atoms with Crippen molar-refractivity contribution in [1.82, 2.24) is 24.6 Å². The molecule has 0 spiro atoms. The third kappa shape index (κ3) is 6.09. The minimum atomic E-state index is -0.608. The molecule has 1 saturated heterocycles. The smallest absolute Gasteiger partial charge is 0.338 e. The van der Waals surface area contributed by atoms with Gasteiger partial charge in [0.15, 0.2) is 5.82 Å². The first-order valence-corrected chi connectivity index (χ1v) is 14.4. The number of H-pyrrole nitrogens is 1. The number of aromatic amines is 1. The van der Waals surface area contributed by atoms with E-state index in [0.29, 0.717) is 55.2 Å². The number of likely N-dealkylation sites (tertiary alicyclic amines) is 1.